The summed E-state index contributed by atoms with van der Waals surface area (Å²) in [5.41, 5.74) is 5.61. The van der Waals surface area contributed by atoms with E-state index in [1.54, 1.807) is 5.48 Å². The summed E-state index contributed by atoms with van der Waals surface area (Å²) in [6.45, 7) is 11.3. The fourth-order valence-corrected chi connectivity index (χ4v) is 3.66. The van der Waals surface area contributed by atoms with E-state index in [1.165, 1.54) is 42.3 Å². The van der Waals surface area contributed by atoms with E-state index in [4.69, 9.17) is 5.21 Å². The predicted molar refractivity (Wildman–Crippen MR) is 128 cm³/mol. The Labute approximate surface area is 191 Å². The highest BCUT2D eigenvalue weighted by Crippen LogP contribution is 2.13. The molecule has 7 nitrogen and oxygen atoms in total. The quantitative estimate of drug-likeness (QED) is 0.139. The second kappa shape index (κ2) is 16.6. The van der Waals surface area contributed by atoms with Crippen LogP contribution in [0.25, 0.3) is 0 Å². The van der Waals surface area contributed by atoms with E-state index in [0.29, 0.717) is 11.5 Å². The third-order valence-electron chi connectivity index (χ3n) is 4.51. The number of carbonyl (C=O) groups excluding carboxylic acids is 3. The lowest BCUT2D eigenvalue weighted by Crippen LogP contribution is -2.53. The predicted octanol–water partition coefficient (Wildman–Crippen LogP) is 3.65. The molecule has 0 aromatic rings. The molecule has 0 aliphatic heterocycles. The Kier molecular flexibility index (Phi) is 15.5. The lowest BCUT2D eigenvalue weighted by molar-refractivity contribution is -0.135. The minimum atomic E-state index is -0.890. The maximum absolute atomic E-state index is 12.1. The zero-order valence-corrected chi connectivity index (χ0v) is 20.5. The number of rotatable bonds is 14. The van der Waals surface area contributed by atoms with Gasteiger partial charge in [0.1, 0.15) is 12.1 Å². The molecule has 0 aliphatic rings. The Bertz CT molecular complexity index is 682. The standard InChI is InChI=1S/C23H39N3O4S/c1-16(2)9-7-10-17(3)11-8-12-18(4)13-14-31-15-21(23(29)26-30)25-22(28)19(5)24-20(6)27/h9,11,13,19,21,30H,7-8,10,12,14-15H2,1-6H3,(H,24,27)(H,25,28)(H,26,29). The first kappa shape index (κ1) is 28.9. The number of thioether (sulfide) groups is 1. The lowest BCUT2D eigenvalue weighted by Gasteiger charge is -2.19. The van der Waals surface area contributed by atoms with Gasteiger partial charge in [0.05, 0.1) is 0 Å². The van der Waals surface area contributed by atoms with Crippen LogP contribution in [0.2, 0.25) is 0 Å². The summed E-state index contributed by atoms with van der Waals surface area (Å²) >= 11 is 1.48. The largest absolute Gasteiger partial charge is 0.345 e. The van der Waals surface area contributed by atoms with Crippen LogP contribution in [0.3, 0.4) is 0 Å². The third-order valence-corrected chi connectivity index (χ3v) is 5.48. The SMILES string of the molecule is CC(=O)NC(C)C(=O)NC(CSCC=C(C)CCC=C(C)CCC=C(C)C)C(=O)NO. The second-order valence-electron chi connectivity index (χ2n) is 7.96. The fraction of sp³-hybridized carbons (Fsp3) is 0.609. The Hall–Kier alpha value is -2.06. The molecule has 2 atom stereocenters. The maximum Gasteiger partial charge on any atom is 0.266 e. The normalized spacial score (nSPS) is 13.8. The summed E-state index contributed by atoms with van der Waals surface area (Å²) in [5.74, 6) is -0.508. The molecule has 0 aromatic heterocycles. The molecule has 0 heterocycles. The van der Waals surface area contributed by atoms with Crippen LogP contribution in [-0.2, 0) is 14.4 Å². The van der Waals surface area contributed by atoms with Crippen LogP contribution < -0.4 is 16.1 Å². The first-order valence-corrected chi connectivity index (χ1v) is 11.8. The maximum atomic E-state index is 12.1. The van der Waals surface area contributed by atoms with Crippen molar-refractivity contribution in [2.45, 2.75) is 79.3 Å². The molecule has 0 saturated carbocycles. The van der Waals surface area contributed by atoms with E-state index >= 15 is 0 Å². The minimum Gasteiger partial charge on any atom is -0.345 e. The summed E-state index contributed by atoms with van der Waals surface area (Å²) in [5, 5.41) is 13.9. The van der Waals surface area contributed by atoms with E-state index in [1.807, 2.05) is 0 Å². The second-order valence-corrected chi connectivity index (χ2v) is 9.03. The van der Waals surface area contributed by atoms with Gasteiger partial charge in [-0.1, -0.05) is 34.9 Å². The molecule has 0 rings (SSSR count). The lowest BCUT2D eigenvalue weighted by atomic mass is 10.1. The summed E-state index contributed by atoms with van der Waals surface area (Å²) in [6.07, 6.45) is 10.8. The molecule has 0 aliphatic carbocycles. The molecule has 3 amide bonds. The van der Waals surface area contributed by atoms with Gasteiger partial charge >= 0.3 is 0 Å². The van der Waals surface area contributed by atoms with E-state index in [2.05, 4.69) is 56.6 Å². The average Bonchev–Trinajstić information content (AvgIpc) is 2.68. The molecule has 176 valence electrons. The number of carbonyl (C=O) groups is 3. The zero-order chi connectivity index (χ0) is 23.8. The highest BCUT2D eigenvalue weighted by Gasteiger charge is 2.23. The highest BCUT2D eigenvalue weighted by molar-refractivity contribution is 7.99. The van der Waals surface area contributed by atoms with Gasteiger partial charge in [-0.05, 0) is 60.3 Å². The van der Waals surface area contributed by atoms with Crippen LogP contribution in [0.15, 0.2) is 34.9 Å². The summed E-state index contributed by atoms with van der Waals surface area (Å²) in [7, 11) is 0. The molecule has 0 aromatic carbocycles. The Morgan fingerprint density at radius 2 is 1.45 bits per heavy atom. The van der Waals surface area contributed by atoms with Gasteiger partial charge < -0.3 is 10.6 Å². The first-order chi connectivity index (χ1) is 14.6. The number of hydrogen-bond donors (Lipinski definition) is 4. The van der Waals surface area contributed by atoms with E-state index in [0.717, 1.165) is 25.7 Å². The van der Waals surface area contributed by atoms with Gasteiger partial charge in [0, 0.05) is 18.4 Å². The molecule has 8 heteroatoms. The van der Waals surface area contributed by atoms with E-state index < -0.39 is 23.9 Å². The summed E-state index contributed by atoms with van der Waals surface area (Å²) < 4.78 is 0. The number of nitrogens with one attached hydrogen (secondary N) is 3. The number of hydrogen-bond acceptors (Lipinski definition) is 5. The number of amides is 3. The summed E-state index contributed by atoms with van der Waals surface area (Å²) in [4.78, 5) is 35.0. The van der Waals surface area contributed by atoms with E-state index in [-0.39, 0.29) is 5.91 Å². The monoisotopic (exact) mass is 453 g/mol. The van der Waals surface area contributed by atoms with Crippen LogP contribution in [0.5, 0.6) is 0 Å². The number of hydroxylamine groups is 1. The van der Waals surface area contributed by atoms with E-state index in [9.17, 15) is 14.4 Å². The van der Waals surface area contributed by atoms with Crippen molar-refractivity contribution in [3.63, 3.8) is 0 Å². The molecule has 4 N–H and O–H groups in total. The van der Waals surface area contributed by atoms with Crippen LogP contribution in [-0.4, -0.2) is 46.5 Å². The van der Waals surface area contributed by atoms with Crippen molar-refractivity contribution in [2.75, 3.05) is 11.5 Å². The van der Waals surface area contributed by atoms with Crippen LogP contribution in [0.1, 0.15) is 67.2 Å². The Morgan fingerprint density at radius 1 is 0.871 bits per heavy atom. The van der Waals surface area contributed by atoms with Crippen molar-refractivity contribution < 1.29 is 19.6 Å². The molecule has 31 heavy (non-hydrogen) atoms. The molecule has 0 saturated heterocycles. The van der Waals surface area contributed by atoms with Crippen molar-refractivity contribution in [1.82, 2.24) is 16.1 Å². The van der Waals surface area contributed by atoms with Crippen LogP contribution in [0.4, 0.5) is 0 Å². The van der Waals surface area contributed by atoms with Crippen LogP contribution >= 0.6 is 11.8 Å². The minimum absolute atomic E-state index is 0.304. The molecule has 0 radical (unpaired) electrons. The molecular weight excluding hydrogens is 414 g/mol. The van der Waals surface area contributed by atoms with Crippen molar-refractivity contribution >= 4 is 29.5 Å². The first-order valence-electron chi connectivity index (χ1n) is 10.6. The van der Waals surface area contributed by atoms with Gasteiger partial charge in [-0.25, -0.2) is 5.48 Å². The zero-order valence-electron chi connectivity index (χ0n) is 19.7. The third kappa shape index (κ3) is 15.4. The number of allylic oxidation sites excluding steroid dienone is 5. The van der Waals surface area contributed by atoms with Crippen LogP contribution in [0, 0.1) is 0 Å². The van der Waals surface area contributed by atoms with Gasteiger partial charge in [0.25, 0.3) is 5.91 Å². The van der Waals surface area contributed by atoms with Crippen molar-refractivity contribution in [2.24, 2.45) is 0 Å². The molecule has 0 fully saturated rings. The van der Waals surface area contributed by atoms with Gasteiger partial charge in [0.15, 0.2) is 0 Å². The highest BCUT2D eigenvalue weighted by atomic mass is 32.2. The van der Waals surface area contributed by atoms with Crippen molar-refractivity contribution in [1.29, 1.82) is 0 Å². The average molecular weight is 454 g/mol. The Morgan fingerprint density at radius 3 is 2.00 bits per heavy atom. The van der Waals surface area contributed by atoms with Crippen molar-refractivity contribution in [3.8, 4) is 0 Å². The van der Waals surface area contributed by atoms with Gasteiger partial charge in [-0.3, -0.25) is 19.6 Å². The van der Waals surface area contributed by atoms with Gasteiger partial charge in [0.2, 0.25) is 11.8 Å². The summed E-state index contributed by atoms with van der Waals surface area (Å²) in [6, 6.07) is -1.66. The topological polar surface area (TPSA) is 108 Å². The molecule has 2 unspecified atom stereocenters. The molecular formula is C23H39N3O4S. The fourth-order valence-electron chi connectivity index (χ4n) is 2.65. The smallest absolute Gasteiger partial charge is 0.266 e. The molecule has 0 bridgehead atoms. The van der Waals surface area contributed by atoms with Crippen molar-refractivity contribution in [3.05, 3.63) is 34.9 Å². The van der Waals surface area contributed by atoms with Gasteiger partial charge in [-0.2, -0.15) is 11.8 Å². The molecule has 0 spiro atoms. The van der Waals surface area contributed by atoms with Gasteiger partial charge in [-0.15, -0.1) is 0 Å². The Balaban J connectivity index is 4.43.